The molecule has 2 rings (SSSR count). The number of nitrogens with zero attached hydrogens (tertiary/aromatic N) is 4. The molecule has 84 valence electrons. The zero-order chi connectivity index (χ0) is 11.5. The zero-order valence-corrected chi connectivity index (χ0v) is 9.64. The smallest absolute Gasteiger partial charge is 0.153 e. The monoisotopic (exact) mass is 218 g/mol. The van der Waals surface area contributed by atoms with E-state index >= 15 is 0 Å². The topological polar surface area (TPSA) is 52.8 Å². The number of aromatic nitrogens is 4. The van der Waals surface area contributed by atoms with Crippen molar-refractivity contribution in [2.75, 3.05) is 7.11 Å². The molecule has 0 fully saturated rings. The molecule has 0 atom stereocenters. The summed E-state index contributed by atoms with van der Waals surface area (Å²) in [6, 6.07) is 6.03. The van der Waals surface area contributed by atoms with E-state index in [1.54, 1.807) is 11.8 Å². The van der Waals surface area contributed by atoms with E-state index in [4.69, 9.17) is 4.74 Å². The Hall–Kier alpha value is -1.91. The van der Waals surface area contributed by atoms with Crippen LogP contribution in [0.3, 0.4) is 0 Å². The third-order valence-corrected chi connectivity index (χ3v) is 2.51. The fourth-order valence-corrected chi connectivity index (χ4v) is 1.58. The largest absolute Gasteiger partial charge is 0.494 e. The van der Waals surface area contributed by atoms with Crippen LogP contribution in [0.15, 0.2) is 18.2 Å². The van der Waals surface area contributed by atoms with Gasteiger partial charge < -0.3 is 4.74 Å². The minimum Gasteiger partial charge on any atom is -0.494 e. The molecule has 0 radical (unpaired) electrons. The number of benzene rings is 1. The molecule has 0 unspecified atom stereocenters. The number of tetrazole rings is 1. The van der Waals surface area contributed by atoms with Crippen molar-refractivity contribution in [3.05, 3.63) is 29.6 Å². The van der Waals surface area contributed by atoms with E-state index in [1.165, 1.54) is 5.56 Å². The molecule has 0 amide bonds. The second kappa shape index (κ2) is 4.30. The van der Waals surface area contributed by atoms with Gasteiger partial charge in [-0.05, 0) is 41.5 Å². The van der Waals surface area contributed by atoms with E-state index in [0.29, 0.717) is 0 Å². The Labute approximate surface area is 94.0 Å². The number of methoxy groups -OCH3 is 1. The van der Waals surface area contributed by atoms with E-state index in [0.717, 1.165) is 23.7 Å². The van der Waals surface area contributed by atoms with Gasteiger partial charge in [0.25, 0.3) is 0 Å². The van der Waals surface area contributed by atoms with Crippen molar-refractivity contribution >= 4 is 0 Å². The lowest BCUT2D eigenvalue weighted by Crippen LogP contribution is -2.03. The van der Waals surface area contributed by atoms with Crippen LogP contribution in [0.1, 0.15) is 18.3 Å². The minimum absolute atomic E-state index is 0.742. The summed E-state index contributed by atoms with van der Waals surface area (Å²) in [5.41, 5.74) is 2.11. The molecule has 1 aromatic heterocycles. The minimum atomic E-state index is 0.742. The second-order valence-electron chi connectivity index (χ2n) is 3.50. The Bertz CT molecular complexity index is 492. The van der Waals surface area contributed by atoms with Crippen molar-refractivity contribution in [1.82, 2.24) is 20.2 Å². The molecule has 1 aromatic carbocycles. The number of hydrogen-bond acceptors (Lipinski definition) is 4. The van der Waals surface area contributed by atoms with Crippen molar-refractivity contribution in [3.8, 4) is 11.4 Å². The van der Waals surface area contributed by atoms with Gasteiger partial charge >= 0.3 is 0 Å². The highest BCUT2D eigenvalue weighted by molar-refractivity contribution is 5.48. The van der Waals surface area contributed by atoms with E-state index in [2.05, 4.69) is 22.4 Å². The van der Waals surface area contributed by atoms with Crippen molar-refractivity contribution in [3.63, 3.8) is 0 Å². The van der Waals surface area contributed by atoms with Crippen LogP contribution < -0.4 is 4.74 Å². The number of ether oxygens (including phenoxy) is 1. The summed E-state index contributed by atoms with van der Waals surface area (Å²) < 4.78 is 6.99. The predicted octanol–water partition coefficient (Wildman–Crippen LogP) is 1.54. The summed E-state index contributed by atoms with van der Waals surface area (Å²) in [5, 5.41) is 11.5. The lowest BCUT2D eigenvalue weighted by Gasteiger charge is -2.09. The summed E-state index contributed by atoms with van der Waals surface area (Å²) in [4.78, 5) is 0. The quantitative estimate of drug-likeness (QED) is 0.784. The van der Waals surface area contributed by atoms with Crippen LogP contribution in [0.5, 0.6) is 5.75 Å². The normalized spacial score (nSPS) is 10.4. The fourth-order valence-electron chi connectivity index (χ4n) is 1.58. The Morgan fingerprint density at radius 3 is 2.75 bits per heavy atom. The van der Waals surface area contributed by atoms with Crippen LogP contribution in [-0.2, 0) is 6.42 Å². The van der Waals surface area contributed by atoms with Gasteiger partial charge in [0.1, 0.15) is 11.4 Å². The maximum absolute atomic E-state index is 5.31. The molecule has 0 aliphatic rings. The number of aryl methyl sites for hydroxylation is 2. The molecule has 16 heavy (non-hydrogen) atoms. The van der Waals surface area contributed by atoms with Gasteiger partial charge in [0.2, 0.25) is 0 Å². The van der Waals surface area contributed by atoms with Gasteiger partial charge in [-0.25, -0.2) is 0 Å². The molecule has 5 heteroatoms. The Morgan fingerprint density at radius 1 is 1.38 bits per heavy atom. The van der Waals surface area contributed by atoms with Crippen LogP contribution in [0, 0.1) is 6.92 Å². The molecule has 0 N–H and O–H groups in total. The van der Waals surface area contributed by atoms with Crippen LogP contribution >= 0.6 is 0 Å². The van der Waals surface area contributed by atoms with Gasteiger partial charge in [0.15, 0.2) is 5.82 Å². The van der Waals surface area contributed by atoms with Crippen molar-refractivity contribution in [1.29, 1.82) is 0 Å². The maximum atomic E-state index is 5.31. The van der Waals surface area contributed by atoms with Crippen LogP contribution in [0.2, 0.25) is 0 Å². The number of hydrogen-bond donors (Lipinski definition) is 0. The van der Waals surface area contributed by atoms with Gasteiger partial charge in [-0.15, -0.1) is 5.10 Å². The molecule has 0 saturated carbocycles. The van der Waals surface area contributed by atoms with Gasteiger partial charge in [-0.1, -0.05) is 13.0 Å². The SMILES string of the molecule is CCc1ccc(OC)c(-n2nnnc2C)c1. The molecule has 0 aliphatic heterocycles. The first-order chi connectivity index (χ1) is 7.76. The van der Waals surface area contributed by atoms with Crippen molar-refractivity contribution in [2.24, 2.45) is 0 Å². The third kappa shape index (κ3) is 1.76. The van der Waals surface area contributed by atoms with E-state index in [9.17, 15) is 0 Å². The van der Waals surface area contributed by atoms with E-state index in [-0.39, 0.29) is 0 Å². The summed E-state index contributed by atoms with van der Waals surface area (Å²) in [6.45, 7) is 3.97. The molecule has 0 aliphatic carbocycles. The lowest BCUT2D eigenvalue weighted by molar-refractivity contribution is 0.411. The highest BCUT2D eigenvalue weighted by atomic mass is 16.5. The molecule has 0 saturated heterocycles. The van der Waals surface area contributed by atoms with Crippen LogP contribution in [0.4, 0.5) is 0 Å². The highest BCUT2D eigenvalue weighted by Crippen LogP contribution is 2.24. The Kier molecular flexibility index (Phi) is 2.85. The van der Waals surface area contributed by atoms with E-state index in [1.807, 2.05) is 25.1 Å². The maximum Gasteiger partial charge on any atom is 0.153 e. The van der Waals surface area contributed by atoms with Crippen molar-refractivity contribution < 1.29 is 4.74 Å². The van der Waals surface area contributed by atoms with Crippen LogP contribution in [-0.4, -0.2) is 27.3 Å². The van der Waals surface area contributed by atoms with Crippen LogP contribution in [0.25, 0.3) is 5.69 Å². The summed E-state index contributed by atoms with van der Waals surface area (Å²) in [6.07, 6.45) is 0.970. The molecule has 0 spiro atoms. The molecule has 5 nitrogen and oxygen atoms in total. The highest BCUT2D eigenvalue weighted by Gasteiger charge is 2.10. The van der Waals surface area contributed by atoms with E-state index < -0.39 is 0 Å². The summed E-state index contributed by atoms with van der Waals surface area (Å²) >= 11 is 0. The van der Waals surface area contributed by atoms with Gasteiger partial charge in [0, 0.05) is 0 Å². The molecule has 2 aromatic rings. The summed E-state index contributed by atoms with van der Waals surface area (Å²) in [5.74, 6) is 1.51. The first kappa shape index (κ1) is 10.6. The predicted molar refractivity (Wildman–Crippen MR) is 59.8 cm³/mol. The third-order valence-electron chi connectivity index (χ3n) is 2.51. The van der Waals surface area contributed by atoms with Gasteiger partial charge in [-0.3, -0.25) is 0 Å². The average molecular weight is 218 g/mol. The first-order valence-electron chi connectivity index (χ1n) is 5.18. The Morgan fingerprint density at radius 2 is 2.19 bits per heavy atom. The molecule has 1 heterocycles. The van der Waals surface area contributed by atoms with Gasteiger partial charge in [-0.2, -0.15) is 4.68 Å². The number of rotatable bonds is 3. The van der Waals surface area contributed by atoms with Crippen molar-refractivity contribution in [2.45, 2.75) is 20.3 Å². The standard InChI is InChI=1S/C11H14N4O/c1-4-9-5-6-11(16-3)10(7-9)15-8(2)12-13-14-15/h5-7H,4H2,1-3H3. The summed E-state index contributed by atoms with van der Waals surface area (Å²) in [7, 11) is 1.64. The molecular formula is C11H14N4O. The lowest BCUT2D eigenvalue weighted by atomic mass is 10.1. The molecule has 0 bridgehead atoms. The molecular weight excluding hydrogens is 204 g/mol. The average Bonchev–Trinajstić information content (AvgIpc) is 2.74. The fraction of sp³-hybridized carbons (Fsp3) is 0.364. The Balaban J connectivity index is 2.57. The second-order valence-corrected chi connectivity index (χ2v) is 3.50. The first-order valence-corrected chi connectivity index (χ1v) is 5.18. The van der Waals surface area contributed by atoms with Gasteiger partial charge in [0.05, 0.1) is 7.11 Å². The zero-order valence-electron chi connectivity index (χ0n) is 9.64.